The summed E-state index contributed by atoms with van der Waals surface area (Å²) in [7, 11) is 0. The quantitative estimate of drug-likeness (QED) is 0.557. The summed E-state index contributed by atoms with van der Waals surface area (Å²) in [6, 6.07) is 0. The zero-order valence-corrected chi connectivity index (χ0v) is 5.55. The van der Waals surface area contributed by atoms with E-state index in [1.54, 1.807) is 12.2 Å². The first-order valence-electron chi connectivity index (χ1n) is 2.79. The van der Waals surface area contributed by atoms with E-state index in [-0.39, 0.29) is 5.91 Å². The first-order valence-corrected chi connectivity index (χ1v) is 2.79. The fourth-order valence-corrected chi connectivity index (χ4v) is 0.367. The summed E-state index contributed by atoms with van der Waals surface area (Å²) in [5.41, 5.74) is 0. The molecule has 0 aromatic heterocycles. The number of rotatable bonds is 3. The molecule has 0 aliphatic rings. The summed E-state index contributed by atoms with van der Waals surface area (Å²) in [4.78, 5) is 10.2. The molecule has 0 heterocycles. The Kier molecular flexibility index (Phi) is 4.50. The molecule has 0 radical (unpaired) electrons. The molecule has 2 nitrogen and oxygen atoms in total. The van der Waals surface area contributed by atoms with Gasteiger partial charge < -0.3 is 5.32 Å². The van der Waals surface area contributed by atoms with Crippen molar-refractivity contribution in [2.24, 2.45) is 0 Å². The first-order chi connectivity index (χ1) is 4.27. The van der Waals surface area contributed by atoms with E-state index in [9.17, 15) is 4.79 Å². The Morgan fingerprint density at radius 3 is 2.89 bits per heavy atom. The predicted octanol–water partition coefficient (Wildman–Crippen LogP) is 0.865. The molecule has 0 aliphatic heterocycles. The van der Waals surface area contributed by atoms with Gasteiger partial charge in [0.05, 0.1) is 0 Å². The van der Waals surface area contributed by atoms with Crippen LogP contribution in [0.1, 0.15) is 6.92 Å². The van der Waals surface area contributed by atoms with E-state index in [1.807, 2.05) is 6.08 Å². The van der Waals surface area contributed by atoms with Crippen molar-refractivity contribution in [3.8, 4) is 0 Å². The van der Waals surface area contributed by atoms with Gasteiger partial charge in [0.15, 0.2) is 0 Å². The van der Waals surface area contributed by atoms with Crippen molar-refractivity contribution in [3.63, 3.8) is 0 Å². The topological polar surface area (TPSA) is 29.1 Å². The van der Waals surface area contributed by atoms with Gasteiger partial charge in [-0.2, -0.15) is 0 Å². The molecular weight excluding hydrogens is 114 g/mol. The smallest absolute Gasteiger partial charge is 0.217 e. The van der Waals surface area contributed by atoms with Crippen LogP contribution in [0.2, 0.25) is 0 Å². The fraction of sp³-hybridized carbons (Fsp3) is 0.286. The monoisotopic (exact) mass is 125 g/mol. The summed E-state index contributed by atoms with van der Waals surface area (Å²) in [6.45, 7) is 5.55. The molecule has 9 heavy (non-hydrogen) atoms. The molecule has 0 aromatic rings. The summed E-state index contributed by atoms with van der Waals surface area (Å²) in [5, 5.41) is 2.61. The van der Waals surface area contributed by atoms with Gasteiger partial charge in [-0.3, -0.25) is 4.79 Å². The van der Waals surface area contributed by atoms with Gasteiger partial charge in [0.25, 0.3) is 0 Å². The molecule has 1 amide bonds. The fourth-order valence-electron chi connectivity index (χ4n) is 0.367. The van der Waals surface area contributed by atoms with Crippen LogP contribution in [0.3, 0.4) is 0 Å². The number of allylic oxidation sites excluding steroid dienone is 2. The molecule has 0 rings (SSSR count). The number of carbonyl (C=O) groups excluding carboxylic acids is 1. The van der Waals surface area contributed by atoms with Crippen molar-refractivity contribution in [1.82, 2.24) is 5.32 Å². The lowest BCUT2D eigenvalue weighted by molar-refractivity contribution is -0.118. The van der Waals surface area contributed by atoms with E-state index in [1.165, 1.54) is 6.92 Å². The second-order valence-corrected chi connectivity index (χ2v) is 1.60. The third-order valence-corrected chi connectivity index (χ3v) is 0.741. The average Bonchev–Trinajstić information content (AvgIpc) is 1.80. The van der Waals surface area contributed by atoms with Gasteiger partial charge in [-0.1, -0.05) is 24.8 Å². The molecule has 0 atom stereocenters. The van der Waals surface area contributed by atoms with Crippen LogP contribution < -0.4 is 5.32 Å². The van der Waals surface area contributed by atoms with Crippen molar-refractivity contribution in [1.29, 1.82) is 0 Å². The molecule has 0 bridgehead atoms. The van der Waals surface area contributed by atoms with Crippen LogP contribution in [0.25, 0.3) is 0 Å². The highest BCUT2D eigenvalue weighted by Crippen LogP contribution is 1.70. The minimum absolute atomic E-state index is 0.0105. The second kappa shape index (κ2) is 5.09. The third kappa shape index (κ3) is 6.95. The van der Waals surface area contributed by atoms with E-state index < -0.39 is 0 Å². The van der Waals surface area contributed by atoms with Crippen molar-refractivity contribution in [2.45, 2.75) is 6.92 Å². The van der Waals surface area contributed by atoms with Gasteiger partial charge in [-0.05, 0) is 0 Å². The van der Waals surface area contributed by atoms with Crippen LogP contribution >= 0.6 is 0 Å². The summed E-state index contributed by atoms with van der Waals surface area (Å²) >= 11 is 0. The molecular formula is C7H11NO. The Hall–Kier alpha value is -1.05. The normalized spacial score (nSPS) is 9.44. The van der Waals surface area contributed by atoms with Gasteiger partial charge in [-0.25, -0.2) is 0 Å². The molecule has 50 valence electrons. The number of hydrogen-bond acceptors (Lipinski definition) is 1. The highest BCUT2D eigenvalue weighted by molar-refractivity contribution is 5.72. The van der Waals surface area contributed by atoms with E-state index in [0.717, 1.165) is 0 Å². The zero-order chi connectivity index (χ0) is 7.11. The van der Waals surface area contributed by atoms with Crippen LogP contribution in [-0.2, 0) is 4.79 Å². The minimum Gasteiger partial charge on any atom is -0.353 e. The van der Waals surface area contributed by atoms with Gasteiger partial charge in [-0.15, -0.1) is 0 Å². The zero-order valence-electron chi connectivity index (χ0n) is 5.55. The lowest BCUT2D eigenvalue weighted by atomic mass is 10.5. The average molecular weight is 125 g/mol. The Morgan fingerprint density at radius 1 is 1.78 bits per heavy atom. The standard InChI is InChI=1S/C7H11NO/c1-3-4-5-6-8-7(2)9/h3-5H,1,6H2,2H3,(H,8,9)/b5-4+. The first kappa shape index (κ1) is 7.95. The van der Waals surface area contributed by atoms with Gasteiger partial charge in [0, 0.05) is 13.5 Å². The molecule has 0 aliphatic carbocycles. The molecule has 0 saturated heterocycles. The molecule has 0 unspecified atom stereocenters. The summed E-state index contributed by atoms with van der Waals surface area (Å²) in [5.74, 6) is -0.0105. The van der Waals surface area contributed by atoms with Crippen LogP contribution in [0.4, 0.5) is 0 Å². The number of hydrogen-bond donors (Lipinski definition) is 1. The minimum atomic E-state index is -0.0105. The predicted molar refractivity (Wildman–Crippen MR) is 38.0 cm³/mol. The van der Waals surface area contributed by atoms with Crippen LogP contribution in [-0.4, -0.2) is 12.5 Å². The lowest BCUT2D eigenvalue weighted by Crippen LogP contribution is -2.19. The molecule has 1 N–H and O–H groups in total. The highest BCUT2D eigenvalue weighted by atomic mass is 16.1. The maximum Gasteiger partial charge on any atom is 0.217 e. The van der Waals surface area contributed by atoms with Gasteiger partial charge in [0.2, 0.25) is 5.91 Å². The molecule has 0 saturated carbocycles. The van der Waals surface area contributed by atoms with Crippen molar-refractivity contribution in [2.75, 3.05) is 6.54 Å². The Balaban J connectivity index is 3.19. The van der Waals surface area contributed by atoms with Gasteiger partial charge in [0.1, 0.15) is 0 Å². The second-order valence-electron chi connectivity index (χ2n) is 1.60. The molecule has 0 spiro atoms. The van der Waals surface area contributed by atoms with E-state index >= 15 is 0 Å². The van der Waals surface area contributed by atoms with Crippen molar-refractivity contribution in [3.05, 3.63) is 24.8 Å². The lowest BCUT2D eigenvalue weighted by Gasteiger charge is -1.91. The van der Waals surface area contributed by atoms with Crippen molar-refractivity contribution < 1.29 is 4.79 Å². The molecule has 0 aromatic carbocycles. The van der Waals surface area contributed by atoms with Gasteiger partial charge >= 0.3 is 0 Å². The highest BCUT2D eigenvalue weighted by Gasteiger charge is 1.81. The number of amides is 1. The maximum atomic E-state index is 10.2. The molecule has 2 heteroatoms. The van der Waals surface area contributed by atoms with E-state index in [4.69, 9.17) is 0 Å². The number of nitrogens with one attached hydrogen (secondary N) is 1. The number of carbonyl (C=O) groups is 1. The maximum absolute atomic E-state index is 10.2. The Bertz CT molecular complexity index is 127. The third-order valence-electron chi connectivity index (χ3n) is 0.741. The largest absolute Gasteiger partial charge is 0.353 e. The summed E-state index contributed by atoms with van der Waals surface area (Å²) in [6.07, 6.45) is 5.28. The Labute approximate surface area is 55.3 Å². The van der Waals surface area contributed by atoms with E-state index in [0.29, 0.717) is 6.54 Å². The van der Waals surface area contributed by atoms with Crippen molar-refractivity contribution >= 4 is 5.91 Å². The van der Waals surface area contributed by atoms with Crippen LogP contribution in [0, 0.1) is 0 Å². The van der Waals surface area contributed by atoms with Crippen LogP contribution in [0.5, 0.6) is 0 Å². The van der Waals surface area contributed by atoms with E-state index in [2.05, 4.69) is 11.9 Å². The van der Waals surface area contributed by atoms with Crippen LogP contribution in [0.15, 0.2) is 24.8 Å². The Morgan fingerprint density at radius 2 is 2.44 bits per heavy atom. The summed E-state index contributed by atoms with van der Waals surface area (Å²) < 4.78 is 0. The molecule has 0 fully saturated rings. The SMILES string of the molecule is C=C/C=C/CNC(C)=O.